The molecule has 0 radical (unpaired) electrons. The summed E-state index contributed by atoms with van der Waals surface area (Å²) in [6.45, 7) is 4.32. The number of Topliss-reactive ketones (excluding diaryl/α,β-unsaturated/α-hetero) is 1. The number of benzene rings is 3. The molecule has 5 aliphatic rings. The maximum Gasteiger partial charge on any atom is 0.310 e. The summed E-state index contributed by atoms with van der Waals surface area (Å²) in [7, 11) is 2.53. The van der Waals surface area contributed by atoms with Crippen molar-refractivity contribution in [1.82, 2.24) is 5.32 Å². The Morgan fingerprint density at radius 3 is 1.89 bits per heavy atom. The van der Waals surface area contributed by atoms with Crippen molar-refractivity contribution in [2.24, 2.45) is 11.8 Å². The zero-order chi connectivity index (χ0) is 44.4. The van der Waals surface area contributed by atoms with E-state index in [-0.39, 0.29) is 13.0 Å². The van der Waals surface area contributed by atoms with Gasteiger partial charge in [0.2, 0.25) is 17.5 Å². The van der Waals surface area contributed by atoms with Gasteiger partial charge in [-0.05, 0) is 5.56 Å². The standard InChI is InChI=1S/C45H49NO15S/c1-25(47)46-36-38(58-28(4)50)37(57-27(3)49)33(24-55-26(2)48)59-42(36)62-40-35(41(52)53-5)34-32(56-23-29-16-10-7-11-17-29)22-43(40)45(54-6,39(34)51)61-44(60-43,30-18-12-8-13-19-30)31-20-14-9-15-21-31/h7-21,32-38,40,42H,22-24H2,1-6H3,(H,46,47)/t32-,33+,34+,35+,36+,37+,38+,40-,42-,43+,45+/m0/s1. The van der Waals surface area contributed by atoms with Crippen LogP contribution in [0.5, 0.6) is 0 Å². The molecule has 1 N–H and O–H groups in total. The molecule has 8 rings (SSSR count). The van der Waals surface area contributed by atoms with Crippen molar-refractivity contribution >= 4 is 47.3 Å². The van der Waals surface area contributed by atoms with Gasteiger partial charge in [-0.25, -0.2) is 0 Å². The van der Waals surface area contributed by atoms with Crippen molar-refractivity contribution in [2.75, 3.05) is 20.8 Å². The summed E-state index contributed by atoms with van der Waals surface area (Å²) < 4.78 is 56.4. The Labute approximate surface area is 362 Å². The van der Waals surface area contributed by atoms with E-state index in [0.29, 0.717) is 11.1 Å². The van der Waals surface area contributed by atoms with Crippen LogP contribution in [0.25, 0.3) is 0 Å². The first-order chi connectivity index (χ1) is 29.7. The van der Waals surface area contributed by atoms with Crippen molar-refractivity contribution in [3.8, 4) is 0 Å². The van der Waals surface area contributed by atoms with E-state index in [0.717, 1.165) is 31.2 Å². The minimum Gasteiger partial charge on any atom is -0.469 e. The van der Waals surface area contributed by atoms with E-state index >= 15 is 4.79 Å². The van der Waals surface area contributed by atoms with Gasteiger partial charge in [0.1, 0.15) is 29.8 Å². The van der Waals surface area contributed by atoms with E-state index in [2.05, 4.69) is 5.32 Å². The minimum atomic E-state index is -2.21. The van der Waals surface area contributed by atoms with Crippen LogP contribution >= 0.6 is 11.8 Å². The minimum absolute atomic E-state index is 0.0610. The lowest BCUT2D eigenvalue weighted by Gasteiger charge is -2.60. The molecule has 330 valence electrons. The average molecular weight is 876 g/mol. The zero-order valence-corrected chi connectivity index (χ0v) is 35.8. The number of amides is 1. The lowest BCUT2D eigenvalue weighted by molar-refractivity contribution is -0.276. The molecule has 1 amide bonds. The summed E-state index contributed by atoms with van der Waals surface area (Å²) in [5, 5.41) is 1.62. The van der Waals surface area contributed by atoms with E-state index in [9.17, 15) is 24.0 Å². The van der Waals surface area contributed by atoms with E-state index in [1.165, 1.54) is 28.1 Å². The largest absolute Gasteiger partial charge is 0.469 e. The second-order valence-electron chi connectivity index (χ2n) is 15.5. The number of ether oxygens (including phenoxy) is 9. The first-order valence-corrected chi connectivity index (χ1v) is 21.0. The van der Waals surface area contributed by atoms with Gasteiger partial charge < -0.3 is 43.2 Å². The number of rotatable bonds is 14. The van der Waals surface area contributed by atoms with E-state index in [4.69, 9.17) is 42.6 Å². The van der Waals surface area contributed by atoms with Crippen molar-refractivity contribution in [2.45, 2.75) is 99.0 Å². The highest BCUT2D eigenvalue weighted by Crippen LogP contribution is 2.67. The van der Waals surface area contributed by atoms with Gasteiger partial charge in [0.25, 0.3) is 5.79 Å². The molecular weight excluding hydrogens is 827 g/mol. The Morgan fingerprint density at radius 1 is 0.774 bits per heavy atom. The van der Waals surface area contributed by atoms with Crippen LogP contribution in [0.3, 0.4) is 0 Å². The third-order valence-electron chi connectivity index (χ3n) is 11.6. The predicted molar refractivity (Wildman–Crippen MR) is 217 cm³/mol. The van der Waals surface area contributed by atoms with E-state index in [1.807, 2.05) is 42.5 Å². The molecule has 11 atom stereocenters. The Hall–Kier alpha value is -5.17. The van der Waals surface area contributed by atoms with Crippen LogP contribution in [0.4, 0.5) is 0 Å². The normalized spacial score (nSPS) is 31.9. The second kappa shape index (κ2) is 18.3. The number of ketones is 1. The topological polar surface area (TPSA) is 198 Å². The summed E-state index contributed by atoms with van der Waals surface area (Å²) in [5.74, 6) is -10.8. The number of esters is 4. The fourth-order valence-corrected chi connectivity index (χ4v) is 11.1. The first kappa shape index (κ1) is 44.9. The highest BCUT2D eigenvalue weighted by Gasteiger charge is 2.84. The molecule has 16 nitrogen and oxygen atoms in total. The number of hydrogen-bond acceptors (Lipinski definition) is 16. The summed E-state index contributed by atoms with van der Waals surface area (Å²) >= 11 is 0.984. The predicted octanol–water partition coefficient (Wildman–Crippen LogP) is 3.75. The van der Waals surface area contributed by atoms with Crippen LogP contribution in [0.1, 0.15) is 50.8 Å². The summed E-state index contributed by atoms with van der Waals surface area (Å²) in [5.41, 5.74) is -1.37. The molecule has 2 bridgehead atoms. The Balaban J connectivity index is 1.43. The van der Waals surface area contributed by atoms with Crippen molar-refractivity contribution in [1.29, 1.82) is 0 Å². The fraction of sp³-hybridized carbons (Fsp3) is 0.467. The average Bonchev–Trinajstić information content (AvgIpc) is 3.59. The van der Waals surface area contributed by atoms with Crippen LogP contribution in [0.15, 0.2) is 91.0 Å². The molecule has 0 aromatic heterocycles. The smallest absolute Gasteiger partial charge is 0.310 e. The van der Waals surface area contributed by atoms with Crippen LogP contribution in [0.2, 0.25) is 0 Å². The van der Waals surface area contributed by atoms with Crippen LogP contribution in [0, 0.1) is 11.8 Å². The maximum atomic E-state index is 15.5. The molecule has 2 saturated heterocycles. The van der Waals surface area contributed by atoms with Crippen LogP contribution < -0.4 is 5.32 Å². The molecule has 3 aromatic carbocycles. The summed E-state index contributed by atoms with van der Waals surface area (Å²) in [6.07, 6.45) is -5.07. The number of hydrogen-bond donors (Lipinski definition) is 1. The number of thioether (sulfide) groups is 1. The molecule has 62 heavy (non-hydrogen) atoms. The molecule has 3 saturated carbocycles. The molecule has 0 unspecified atom stereocenters. The lowest BCUT2D eigenvalue weighted by Crippen LogP contribution is -2.79. The van der Waals surface area contributed by atoms with Crippen molar-refractivity contribution in [3.05, 3.63) is 108 Å². The number of carbonyl (C=O) groups excluding carboxylic acids is 6. The Kier molecular flexibility index (Phi) is 13.2. The fourth-order valence-electron chi connectivity index (χ4n) is 9.24. The zero-order valence-electron chi connectivity index (χ0n) is 35.0. The quantitative estimate of drug-likeness (QED) is 0.181. The summed E-state index contributed by atoms with van der Waals surface area (Å²) in [6, 6.07) is 26.1. The number of carbonyl (C=O) groups is 6. The van der Waals surface area contributed by atoms with Crippen LogP contribution in [-0.2, 0) is 83.8 Å². The second-order valence-corrected chi connectivity index (χ2v) is 16.8. The molecular formula is C45H49NO15S. The van der Waals surface area contributed by atoms with Gasteiger partial charge in [0, 0.05) is 52.4 Å². The van der Waals surface area contributed by atoms with Gasteiger partial charge in [0.15, 0.2) is 12.2 Å². The Bertz CT molecular complexity index is 2100. The number of fused-ring (bicyclic) bond motifs is 2. The van der Waals surface area contributed by atoms with Gasteiger partial charge in [-0.15, -0.1) is 11.8 Å². The Morgan fingerprint density at radius 2 is 1.35 bits per heavy atom. The number of nitrogens with one attached hydrogen (secondary N) is 1. The highest BCUT2D eigenvalue weighted by molar-refractivity contribution is 8.00. The molecule has 2 aliphatic heterocycles. The van der Waals surface area contributed by atoms with Gasteiger partial charge in [-0.3, -0.25) is 33.5 Å². The van der Waals surface area contributed by atoms with Gasteiger partial charge in [-0.2, -0.15) is 0 Å². The van der Waals surface area contributed by atoms with Gasteiger partial charge >= 0.3 is 23.9 Å². The monoisotopic (exact) mass is 875 g/mol. The maximum absolute atomic E-state index is 15.5. The summed E-state index contributed by atoms with van der Waals surface area (Å²) in [4.78, 5) is 80.4. The third kappa shape index (κ3) is 8.13. The molecule has 17 heteroatoms. The molecule has 3 aromatic rings. The van der Waals surface area contributed by atoms with E-state index < -0.39 is 112 Å². The van der Waals surface area contributed by atoms with Gasteiger partial charge in [0.05, 0.1) is 36.9 Å². The van der Waals surface area contributed by atoms with Gasteiger partial charge in [-0.1, -0.05) is 91.0 Å². The van der Waals surface area contributed by atoms with E-state index in [1.54, 1.807) is 48.5 Å². The highest BCUT2D eigenvalue weighted by atomic mass is 32.2. The van der Waals surface area contributed by atoms with Crippen molar-refractivity contribution in [3.63, 3.8) is 0 Å². The molecule has 3 aliphatic carbocycles. The van der Waals surface area contributed by atoms with Crippen molar-refractivity contribution < 1.29 is 71.4 Å². The van der Waals surface area contributed by atoms with Crippen LogP contribution in [-0.4, -0.2) is 109 Å². The first-order valence-electron chi connectivity index (χ1n) is 20.1. The molecule has 5 fully saturated rings. The molecule has 1 spiro atoms. The third-order valence-corrected chi connectivity index (χ3v) is 13.2. The molecule has 2 heterocycles. The SMILES string of the molecule is COC(=O)[C@@H]1[C@@H]2C(=O)[C@@]3(OC)OC(c4ccccc4)(c4ccccc4)O[C@]3(C[C@@H]2OCc2ccccc2)[C@H]1S[C@@H]1O[C@H](COC(C)=O)[C@@H](OC(C)=O)[C@H](OC(C)=O)[C@H]1NC(C)=O. The number of methoxy groups -OCH3 is 2. The lowest BCUT2D eigenvalue weighted by atomic mass is 9.56.